The molecular weight excluding hydrogens is 312 g/mol. The van der Waals surface area contributed by atoms with E-state index in [9.17, 15) is 9.59 Å². The monoisotopic (exact) mass is 338 g/mol. The number of rotatable bonds is 4. The van der Waals surface area contributed by atoms with Crippen LogP contribution < -0.4 is 10.6 Å². The summed E-state index contributed by atoms with van der Waals surface area (Å²) in [5.41, 5.74) is 2.45. The fourth-order valence-corrected chi connectivity index (χ4v) is 5.80. The Morgan fingerprint density at radius 2 is 1.56 bits per heavy atom. The maximum atomic E-state index is 11.9. The molecule has 0 aromatic heterocycles. The summed E-state index contributed by atoms with van der Waals surface area (Å²) < 4.78 is 0. The molecule has 4 aliphatic rings. The lowest BCUT2D eigenvalue weighted by atomic mass is 9.48. The van der Waals surface area contributed by atoms with Gasteiger partial charge in [-0.25, -0.2) is 0 Å². The van der Waals surface area contributed by atoms with Gasteiger partial charge in [0.2, 0.25) is 0 Å². The molecule has 1 aromatic rings. The highest BCUT2D eigenvalue weighted by Gasteiger charge is 2.51. The van der Waals surface area contributed by atoms with Gasteiger partial charge in [-0.05, 0) is 79.4 Å². The van der Waals surface area contributed by atoms with Gasteiger partial charge < -0.3 is 10.6 Å². The summed E-state index contributed by atoms with van der Waals surface area (Å²) in [5.74, 6) is 1.48. The molecule has 0 aliphatic heterocycles. The smallest absolute Gasteiger partial charge is 0.313 e. The van der Waals surface area contributed by atoms with Crippen LogP contribution in [0.15, 0.2) is 36.9 Å². The third-order valence-electron chi connectivity index (χ3n) is 6.41. The standard InChI is InChI=1S/C21H26N2O2/c1-2-7-22-19(24)20(25)23-18-5-3-17(4-6-18)21-11-14-8-15(12-21)10-16(9-14)13-21/h2-6,14-16H,1,7-13H2,(H,22,24)(H,23,25). The van der Waals surface area contributed by atoms with Crippen molar-refractivity contribution in [1.82, 2.24) is 5.32 Å². The predicted octanol–water partition coefficient (Wildman–Crippen LogP) is 3.40. The van der Waals surface area contributed by atoms with Gasteiger partial charge in [-0.3, -0.25) is 9.59 Å². The van der Waals surface area contributed by atoms with E-state index in [1.807, 2.05) is 12.1 Å². The number of amides is 2. The predicted molar refractivity (Wildman–Crippen MR) is 98.1 cm³/mol. The van der Waals surface area contributed by atoms with Crippen molar-refractivity contribution in [3.8, 4) is 0 Å². The zero-order chi connectivity index (χ0) is 17.4. The minimum absolute atomic E-state index is 0.289. The van der Waals surface area contributed by atoms with Crippen LogP contribution in [0.2, 0.25) is 0 Å². The van der Waals surface area contributed by atoms with Gasteiger partial charge in [0.15, 0.2) is 0 Å². The van der Waals surface area contributed by atoms with E-state index in [0.717, 1.165) is 17.8 Å². The molecule has 0 atom stereocenters. The first kappa shape index (κ1) is 16.4. The Balaban J connectivity index is 1.45. The molecule has 4 fully saturated rings. The molecular formula is C21H26N2O2. The highest BCUT2D eigenvalue weighted by molar-refractivity contribution is 6.39. The van der Waals surface area contributed by atoms with Gasteiger partial charge in [-0.15, -0.1) is 6.58 Å². The molecule has 0 spiro atoms. The van der Waals surface area contributed by atoms with Crippen LogP contribution in [0.3, 0.4) is 0 Å². The summed E-state index contributed by atoms with van der Waals surface area (Å²) in [7, 11) is 0. The van der Waals surface area contributed by atoms with Crippen LogP contribution in [-0.4, -0.2) is 18.4 Å². The molecule has 4 saturated carbocycles. The average molecular weight is 338 g/mol. The minimum atomic E-state index is -0.635. The lowest BCUT2D eigenvalue weighted by molar-refractivity contribution is -0.136. The van der Waals surface area contributed by atoms with Crippen LogP contribution in [-0.2, 0) is 15.0 Å². The summed E-state index contributed by atoms with van der Waals surface area (Å²) in [4.78, 5) is 23.5. The summed E-state index contributed by atoms with van der Waals surface area (Å²) in [6, 6.07) is 8.19. The number of hydrogen-bond acceptors (Lipinski definition) is 2. The van der Waals surface area contributed by atoms with Gasteiger partial charge >= 0.3 is 11.8 Å². The van der Waals surface area contributed by atoms with Gasteiger partial charge in [0.05, 0.1) is 0 Å². The maximum absolute atomic E-state index is 11.9. The van der Waals surface area contributed by atoms with Crippen molar-refractivity contribution < 1.29 is 9.59 Å². The first-order valence-corrected chi connectivity index (χ1v) is 9.38. The molecule has 0 saturated heterocycles. The van der Waals surface area contributed by atoms with Crippen LogP contribution in [0.5, 0.6) is 0 Å². The number of benzene rings is 1. The molecule has 2 N–H and O–H groups in total. The summed E-state index contributed by atoms with van der Waals surface area (Å²) in [6.07, 6.45) is 9.84. The van der Waals surface area contributed by atoms with Crippen molar-refractivity contribution in [3.05, 3.63) is 42.5 Å². The van der Waals surface area contributed by atoms with Crippen molar-refractivity contribution in [2.24, 2.45) is 17.8 Å². The van der Waals surface area contributed by atoms with E-state index in [1.54, 1.807) is 6.08 Å². The van der Waals surface area contributed by atoms with E-state index in [2.05, 4.69) is 29.3 Å². The highest BCUT2D eigenvalue weighted by atomic mass is 16.2. The largest absolute Gasteiger partial charge is 0.344 e. The molecule has 2 amide bonds. The SMILES string of the molecule is C=CCNC(=O)C(=O)Nc1ccc(C23CC4CC(CC(C4)C2)C3)cc1. The first-order valence-electron chi connectivity index (χ1n) is 9.38. The second-order valence-corrected chi connectivity index (χ2v) is 8.23. The molecule has 4 aliphatic carbocycles. The summed E-state index contributed by atoms with van der Waals surface area (Å²) in [6.45, 7) is 3.81. The van der Waals surface area contributed by atoms with Crippen molar-refractivity contribution in [2.45, 2.75) is 43.9 Å². The van der Waals surface area contributed by atoms with E-state index >= 15 is 0 Å². The molecule has 0 heterocycles. The maximum Gasteiger partial charge on any atom is 0.313 e. The second kappa shape index (κ2) is 6.32. The van der Waals surface area contributed by atoms with Crippen molar-refractivity contribution in [1.29, 1.82) is 0 Å². The van der Waals surface area contributed by atoms with E-state index in [0.29, 0.717) is 11.1 Å². The fraction of sp³-hybridized carbons (Fsp3) is 0.524. The topological polar surface area (TPSA) is 58.2 Å². The lowest BCUT2D eigenvalue weighted by Gasteiger charge is -2.57. The number of carbonyl (C=O) groups excluding carboxylic acids is 2. The Morgan fingerprint density at radius 3 is 2.08 bits per heavy atom. The molecule has 132 valence electrons. The van der Waals surface area contributed by atoms with Gasteiger partial charge in [0.25, 0.3) is 0 Å². The van der Waals surface area contributed by atoms with Gasteiger partial charge in [0, 0.05) is 12.2 Å². The second-order valence-electron chi connectivity index (χ2n) is 8.23. The van der Waals surface area contributed by atoms with E-state index in [-0.39, 0.29) is 6.54 Å². The van der Waals surface area contributed by atoms with Gasteiger partial charge in [0.1, 0.15) is 0 Å². The van der Waals surface area contributed by atoms with Crippen LogP contribution in [0, 0.1) is 17.8 Å². The Morgan fingerprint density at radius 1 is 1.00 bits per heavy atom. The molecule has 0 unspecified atom stereocenters. The molecule has 5 rings (SSSR count). The Labute approximate surface area is 149 Å². The molecule has 4 nitrogen and oxygen atoms in total. The molecule has 4 bridgehead atoms. The van der Waals surface area contributed by atoms with Crippen LogP contribution in [0.4, 0.5) is 5.69 Å². The zero-order valence-corrected chi connectivity index (χ0v) is 14.6. The highest BCUT2D eigenvalue weighted by Crippen LogP contribution is 2.60. The fourth-order valence-electron chi connectivity index (χ4n) is 5.80. The number of carbonyl (C=O) groups is 2. The van der Waals surface area contributed by atoms with E-state index in [1.165, 1.54) is 44.1 Å². The number of hydrogen-bond donors (Lipinski definition) is 2. The summed E-state index contributed by atoms with van der Waals surface area (Å²) >= 11 is 0. The first-order chi connectivity index (χ1) is 12.1. The Kier molecular flexibility index (Phi) is 4.14. The average Bonchev–Trinajstić information content (AvgIpc) is 2.59. The van der Waals surface area contributed by atoms with Crippen molar-refractivity contribution in [3.63, 3.8) is 0 Å². The van der Waals surface area contributed by atoms with Gasteiger partial charge in [-0.2, -0.15) is 0 Å². The number of anilines is 1. The summed E-state index contributed by atoms with van der Waals surface area (Å²) in [5, 5.41) is 5.15. The Bertz CT molecular complexity index is 657. The minimum Gasteiger partial charge on any atom is -0.344 e. The van der Waals surface area contributed by atoms with Gasteiger partial charge in [-0.1, -0.05) is 18.2 Å². The van der Waals surface area contributed by atoms with Crippen LogP contribution in [0.1, 0.15) is 44.1 Å². The molecule has 4 heteroatoms. The molecule has 1 aromatic carbocycles. The lowest BCUT2D eigenvalue weighted by Crippen LogP contribution is -2.48. The van der Waals surface area contributed by atoms with Crippen molar-refractivity contribution in [2.75, 3.05) is 11.9 Å². The van der Waals surface area contributed by atoms with Crippen LogP contribution >= 0.6 is 0 Å². The zero-order valence-electron chi connectivity index (χ0n) is 14.6. The molecule has 25 heavy (non-hydrogen) atoms. The molecule has 0 radical (unpaired) electrons. The quantitative estimate of drug-likeness (QED) is 0.653. The van der Waals surface area contributed by atoms with E-state index < -0.39 is 11.8 Å². The normalized spacial score (nSPS) is 32.2. The van der Waals surface area contributed by atoms with E-state index in [4.69, 9.17) is 0 Å². The number of nitrogens with one attached hydrogen (secondary N) is 2. The van der Waals surface area contributed by atoms with Crippen LogP contribution in [0.25, 0.3) is 0 Å². The third kappa shape index (κ3) is 3.10. The third-order valence-corrected chi connectivity index (χ3v) is 6.41. The Hall–Kier alpha value is -2.10. The van der Waals surface area contributed by atoms with Crippen molar-refractivity contribution >= 4 is 17.5 Å².